The quantitative estimate of drug-likeness (QED) is 0.547. The van der Waals surface area contributed by atoms with E-state index in [4.69, 9.17) is 9.84 Å². The Kier molecular flexibility index (Phi) is 6.31. The zero-order chi connectivity index (χ0) is 10.9. The Morgan fingerprint density at radius 3 is 2.73 bits per heavy atom. The van der Waals surface area contributed by atoms with Crippen molar-refractivity contribution < 1.29 is 14.6 Å². The molecule has 88 valence electrons. The van der Waals surface area contributed by atoms with Crippen molar-refractivity contribution in [2.24, 2.45) is 0 Å². The molecule has 1 aliphatic heterocycles. The zero-order valence-electron chi connectivity index (χ0n) is 9.07. The van der Waals surface area contributed by atoms with Gasteiger partial charge in [0, 0.05) is 19.6 Å². The number of carbonyl (C=O) groups excluding carboxylic acids is 1. The Balaban J connectivity index is 1.92. The molecule has 1 amide bonds. The van der Waals surface area contributed by atoms with Crippen LogP contribution in [-0.4, -0.2) is 61.9 Å². The summed E-state index contributed by atoms with van der Waals surface area (Å²) in [7, 11) is 0. The maximum atomic E-state index is 11.5. The molecule has 0 spiro atoms. The minimum absolute atomic E-state index is 0.0483. The molecule has 1 rings (SSSR count). The molecule has 0 atom stereocenters. The molecule has 0 aromatic carbocycles. The van der Waals surface area contributed by atoms with Crippen molar-refractivity contribution in [3.63, 3.8) is 0 Å². The van der Waals surface area contributed by atoms with E-state index in [0.717, 1.165) is 25.9 Å². The third-order valence-corrected chi connectivity index (χ3v) is 2.39. The van der Waals surface area contributed by atoms with Gasteiger partial charge in [0.2, 0.25) is 5.91 Å². The summed E-state index contributed by atoms with van der Waals surface area (Å²) in [5, 5.41) is 11.5. The Bertz CT molecular complexity index is 182. The van der Waals surface area contributed by atoms with E-state index in [9.17, 15) is 4.79 Å². The van der Waals surface area contributed by atoms with E-state index in [1.807, 2.05) is 4.90 Å². The van der Waals surface area contributed by atoms with Crippen molar-refractivity contribution in [3.05, 3.63) is 0 Å². The van der Waals surface area contributed by atoms with Gasteiger partial charge in [0.1, 0.15) is 0 Å². The fourth-order valence-corrected chi connectivity index (χ4v) is 1.58. The topological polar surface area (TPSA) is 61.8 Å². The normalized spacial score (nSPS) is 15.9. The lowest BCUT2D eigenvalue weighted by Gasteiger charge is -2.15. The van der Waals surface area contributed by atoms with Gasteiger partial charge in [-0.2, -0.15) is 0 Å². The number of carbonyl (C=O) groups is 1. The average Bonchev–Trinajstić information content (AvgIpc) is 2.76. The molecule has 0 radical (unpaired) electrons. The molecule has 0 aromatic rings. The van der Waals surface area contributed by atoms with Gasteiger partial charge in [0.25, 0.3) is 0 Å². The van der Waals surface area contributed by atoms with Gasteiger partial charge in [-0.05, 0) is 12.8 Å². The molecular formula is C10H20N2O3. The summed E-state index contributed by atoms with van der Waals surface area (Å²) in [6, 6.07) is 0. The Morgan fingerprint density at radius 2 is 2.07 bits per heavy atom. The first-order valence-electron chi connectivity index (χ1n) is 5.51. The standard InChI is InChI=1S/C10H20N2O3/c13-6-8-15-7-3-11-9-10(14)12-4-1-2-5-12/h11,13H,1-9H2. The van der Waals surface area contributed by atoms with E-state index in [1.165, 1.54) is 0 Å². The molecular weight excluding hydrogens is 196 g/mol. The fourth-order valence-electron chi connectivity index (χ4n) is 1.58. The lowest BCUT2D eigenvalue weighted by atomic mass is 10.4. The summed E-state index contributed by atoms with van der Waals surface area (Å²) in [5.74, 6) is 0.176. The van der Waals surface area contributed by atoms with Gasteiger partial charge in [-0.1, -0.05) is 0 Å². The van der Waals surface area contributed by atoms with Crippen LogP contribution in [0.25, 0.3) is 0 Å². The number of rotatable bonds is 7. The minimum Gasteiger partial charge on any atom is -0.394 e. The highest BCUT2D eigenvalue weighted by Crippen LogP contribution is 2.06. The van der Waals surface area contributed by atoms with Gasteiger partial charge in [0.05, 0.1) is 26.4 Å². The van der Waals surface area contributed by atoms with Crippen molar-refractivity contribution in [1.82, 2.24) is 10.2 Å². The second kappa shape index (κ2) is 7.62. The van der Waals surface area contributed by atoms with Crippen LogP contribution in [0.3, 0.4) is 0 Å². The summed E-state index contributed by atoms with van der Waals surface area (Å²) < 4.78 is 5.05. The number of nitrogens with one attached hydrogen (secondary N) is 1. The molecule has 1 fully saturated rings. The third-order valence-electron chi connectivity index (χ3n) is 2.39. The molecule has 5 nitrogen and oxygen atoms in total. The molecule has 1 heterocycles. The predicted octanol–water partition coefficient (Wildman–Crippen LogP) is -0.793. The van der Waals surface area contributed by atoms with Crippen LogP contribution in [0, 0.1) is 0 Å². The number of aliphatic hydroxyl groups is 1. The number of ether oxygens (including phenoxy) is 1. The molecule has 0 bridgehead atoms. The molecule has 0 saturated carbocycles. The zero-order valence-corrected chi connectivity index (χ0v) is 9.07. The molecule has 1 aliphatic rings. The highest BCUT2D eigenvalue weighted by atomic mass is 16.5. The van der Waals surface area contributed by atoms with E-state index < -0.39 is 0 Å². The van der Waals surface area contributed by atoms with Crippen LogP contribution in [0.5, 0.6) is 0 Å². The van der Waals surface area contributed by atoms with Crippen molar-refractivity contribution >= 4 is 5.91 Å². The number of likely N-dealkylation sites (tertiary alicyclic amines) is 1. The smallest absolute Gasteiger partial charge is 0.236 e. The van der Waals surface area contributed by atoms with Gasteiger partial charge < -0.3 is 20.1 Å². The summed E-state index contributed by atoms with van der Waals surface area (Å²) in [5.41, 5.74) is 0. The Labute approximate surface area is 90.4 Å². The van der Waals surface area contributed by atoms with Gasteiger partial charge in [-0.25, -0.2) is 0 Å². The minimum atomic E-state index is 0.0483. The van der Waals surface area contributed by atoms with Crippen LogP contribution in [-0.2, 0) is 9.53 Å². The molecule has 0 unspecified atom stereocenters. The second-order valence-electron chi connectivity index (χ2n) is 3.60. The predicted molar refractivity (Wildman–Crippen MR) is 56.6 cm³/mol. The second-order valence-corrected chi connectivity index (χ2v) is 3.60. The van der Waals surface area contributed by atoms with E-state index in [1.54, 1.807) is 0 Å². The van der Waals surface area contributed by atoms with E-state index in [2.05, 4.69) is 5.32 Å². The van der Waals surface area contributed by atoms with Crippen LogP contribution in [0.2, 0.25) is 0 Å². The SMILES string of the molecule is O=C(CNCCOCCO)N1CCCC1. The summed E-state index contributed by atoms with van der Waals surface area (Å²) >= 11 is 0. The molecule has 5 heteroatoms. The highest BCUT2D eigenvalue weighted by Gasteiger charge is 2.16. The number of amides is 1. The highest BCUT2D eigenvalue weighted by molar-refractivity contribution is 5.78. The maximum absolute atomic E-state index is 11.5. The van der Waals surface area contributed by atoms with Crippen LogP contribution in [0.15, 0.2) is 0 Å². The van der Waals surface area contributed by atoms with E-state index in [0.29, 0.717) is 26.3 Å². The lowest BCUT2D eigenvalue weighted by molar-refractivity contribution is -0.129. The summed E-state index contributed by atoms with van der Waals surface area (Å²) in [4.78, 5) is 13.4. The number of hydrogen-bond donors (Lipinski definition) is 2. The molecule has 1 saturated heterocycles. The average molecular weight is 216 g/mol. The van der Waals surface area contributed by atoms with E-state index in [-0.39, 0.29) is 12.5 Å². The van der Waals surface area contributed by atoms with E-state index >= 15 is 0 Å². The van der Waals surface area contributed by atoms with Crippen LogP contribution >= 0.6 is 0 Å². The maximum Gasteiger partial charge on any atom is 0.236 e. The Hall–Kier alpha value is -0.650. The van der Waals surface area contributed by atoms with Gasteiger partial charge >= 0.3 is 0 Å². The fraction of sp³-hybridized carbons (Fsp3) is 0.900. The van der Waals surface area contributed by atoms with Crippen LogP contribution in [0.1, 0.15) is 12.8 Å². The molecule has 0 aromatic heterocycles. The first-order valence-corrected chi connectivity index (χ1v) is 5.51. The summed E-state index contributed by atoms with van der Waals surface area (Å²) in [6.07, 6.45) is 2.26. The largest absolute Gasteiger partial charge is 0.394 e. The Morgan fingerprint density at radius 1 is 1.33 bits per heavy atom. The summed E-state index contributed by atoms with van der Waals surface area (Å²) in [6.45, 7) is 3.80. The van der Waals surface area contributed by atoms with Crippen molar-refractivity contribution in [1.29, 1.82) is 0 Å². The van der Waals surface area contributed by atoms with Crippen molar-refractivity contribution in [2.45, 2.75) is 12.8 Å². The number of nitrogens with zero attached hydrogens (tertiary/aromatic N) is 1. The first kappa shape index (κ1) is 12.4. The monoisotopic (exact) mass is 216 g/mol. The van der Waals surface area contributed by atoms with Crippen molar-refractivity contribution in [3.8, 4) is 0 Å². The first-order chi connectivity index (χ1) is 7.34. The molecule has 15 heavy (non-hydrogen) atoms. The van der Waals surface area contributed by atoms with Gasteiger partial charge in [-0.3, -0.25) is 4.79 Å². The number of hydrogen-bond acceptors (Lipinski definition) is 4. The lowest BCUT2D eigenvalue weighted by Crippen LogP contribution is -2.37. The van der Waals surface area contributed by atoms with Gasteiger partial charge in [-0.15, -0.1) is 0 Å². The number of aliphatic hydroxyl groups excluding tert-OH is 1. The molecule has 0 aliphatic carbocycles. The van der Waals surface area contributed by atoms with Crippen LogP contribution in [0.4, 0.5) is 0 Å². The van der Waals surface area contributed by atoms with Gasteiger partial charge in [0.15, 0.2) is 0 Å². The van der Waals surface area contributed by atoms with Crippen molar-refractivity contribution in [2.75, 3.05) is 46.0 Å². The molecule has 2 N–H and O–H groups in total. The van der Waals surface area contributed by atoms with Crippen LogP contribution < -0.4 is 5.32 Å². The third kappa shape index (κ3) is 5.11.